The maximum absolute atomic E-state index is 12.2. The average Bonchev–Trinajstić information content (AvgIpc) is 2.66. The van der Waals surface area contributed by atoms with Gasteiger partial charge in [-0.2, -0.15) is 0 Å². The molecule has 140 valence electrons. The SMILES string of the molecule is CC(=O)c1ccc2c(c1)N(CCC(=O)NCc1ccc(Cl)cc1)C(=O)CO2. The predicted molar refractivity (Wildman–Crippen MR) is 102 cm³/mol. The lowest BCUT2D eigenvalue weighted by molar-refractivity contribution is -0.122. The standard InChI is InChI=1S/C20H19ClN2O4/c1-13(24)15-4-7-18-17(10-15)23(20(26)12-27-18)9-8-19(25)22-11-14-2-5-16(21)6-3-14/h2-7,10H,8-9,11-12H2,1H3,(H,22,25). The van der Waals surface area contributed by atoms with E-state index in [0.717, 1.165) is 5.56 Å². The molecule has 2 amide bonds. The van der Waals surface area contributed by atoms with E-state index in [-0.39, 0.29) is 37.2 Å². The van der Waals surface area contributed by atoms with E-state index in [1.54, 1.807) is 30.3 Å². The second-order valence-electron chi connectivity index (χ2n) is 6.23. The minimum atomic E-state index is -0.242. The van der Waals surface area contributed by atoms with Gasteiger partial charge < -0.3 is 15.0 Å². The molecule has 1 N–H and O–H groups in total. The van der Waals surface area contributed by atoms with Gasteiger partial charge in [-0.15, -0.1) is 0 Å². The number of halogens is 1. The Morgan fingerprint density at radius 3 is 2.63 bits per heavy atom. The molecule has 1 heterocycles. The predicted octanol–water partition coefficient (Wildman–Crippen LogP) is 2.97. The summed E-state index contributed by atoms with van der Waals surface area (Å²) in [6.07, 6.45) is 0.142. The van der Waals surface area contributed by atoms with Crippen LogP contribution < -0.4 is 15.0 Å². The number of ketones is 1. The summed E-state index contributed by atoms with van der Waals surface area (Å²) in [6.45, 7) is 1.97. The summed E-state index contributed by atoms with van der Waals surface area (Å²) in [4.78, 5) is 37.5. The van der Waals surface area contributed by atoms with Crippen LogP contribution in [0, 0.1) is 0 Å². The number of carbonyl (C=O) groups is 3. The molecule has 7 heteroatoms. The van der Waals surface area contributed by atoms with Gasteiger partial charge in [0.25, 0.3) is 5.91 Å². The molecule has 0 radical (unpaired) electrons. The van der Waals surface area contributed by atoms with Gasteiger partial charge in [-0.05, 0) is 42.8 Å². The van der Waals surface area contributed by atoms with Crippen molar-refractivity contribution >= 4 is 34.9 Å². The minimum Gasteiger partial charge on any atom is -0.482 e. The van der Waals surface area contributed by atoms with Crippen molar-refractivity contribution in [3.63, 3.8) is 0 Å². The second-order valence-corrected chi connectivity index (χ2v) is 6.66. The van der Waals surface area contributed by atoms with Crippen LogP contribution in [0.5, 0.6) is 5.75 Å². The zero-order valence-electron chi connectivity index (χ0n) is 14.8. The number of hydrogen-bond acceptors (Lipinski definition) is 4. The number of nitrogens with one attached hydrogen (secondary N) is 1. The highest BCUT2D eigenvalue weighted by atomic mass is 35.5. The van der Waals surface area contributed by atoms with Crippen LogP contribution in [0.1, 0.15) is 29.3 Å². The maximum atomic E-state index is 12.2. The first kappa shape index (κ1) is 18.9. The Hall–Kier alpha value is -2.86. The van der Waals surface area contributed by atoms with E-state index >= 15 is 0 Å². The third-order valence-electron chi connectivity index (χ3n) is 4.27. The van der Waals surface area contributed by atoms with E-state index in [2.05, 4.69) is 5.32 Å². The van der Waals surface area contributed by atoms with Gasteiger partial charge in [0.2, 0.25) is 5.91 Å². The van der Waals surface area contributed by atoms with Crippen molar-refractivity contribution in [1.82, 2.24) is 5.32 Å². The van der Waals surface area contributed by atoms with Crippen molar-refractivity contribution in [1.29, 1.82) is 0 Å². The summed E-state index contributed by atoms with van der Waals surface area (Å²) in [6, 6.07) is 12.2. The van der Waals surface area contributed by atoms with E-state index in [4.69, 9.17) is 16.3 Å². The lowest BCUT2D eigenvalue weighted by Gasteiger charge is -2.29. The number of carbonyl (C=O) groups excluding carboxylic acids is 3. The molecule has 27 heavy (non-hydrogen) atoms. The first-order valence-corrected chi connectivity index (χ1v) is 8.91. The quantitative estimate of drug-likeness (QED) is 0.774. The van der Waals surface area contributed by atoms with Crippen LogP contribution in [0.25, 0.3) is 0 Å². The molecule has 0 bridgehead atoms. The van der Waals surface area contributed by atoms with Crippen LogP contribution in [-0.2, 0) is 16.1 Å². The number of ether oxygens (including phenoxy) is 1. The number of benzene rings is 2. The molecular weight excluding hydrogens is 368 g/mol. The van der Waals surface area contributed by atoms with Gasteiger partial charge in [0.1, 0.15) is 5.75 Å². The molecule has 6 nitrogen and oxygen atoms in total. The van der Waals surface area contributed by atoms with E-state index < -0.39 is 0 Å². The third-order valence-corrected chi connectivity index (χ3v) is 4.53. The van der Waals surface area contributed by atoms with E-state index in [0.29, 0.717) is 28.6 Å². The zero-order valence-corrected chi connectivity index (χ0v) is 15.6. The highest BCUT2D eigenvalue weighted by Crippen LogP contribution is 2.33. The van der Waals surface area contributed by atoms with Gasteiger partial charge in [0.05, 0.1) is 5.69 Å². The lowest BCUT2D eigenvalue weighted by Crippen LogP contribution is -2.41. The Kier molecular flexibility index (Phi) is 5.76. The molecule has 0 saturated heterocycles. The summed E-state index contributed by atoms with van der Waals surface area (Å²) < 4.78 is 5.41. The Balaban J connectivity index is 1.62. The topological polar surface area (TPSA) is 75.7 Å². The van der Waals surface area contributed by atoms with Gasteiger partial charge in [-0.1, -0.05) is 23.7 Å². The molecule has 0 fully saturated rings. The average molecular weight is 387 g/mol. The first-order valence-electron chi connectivity index (χ1n) is 8.53. The van der Waals surface area contributed by atoms with Crippen molar-refractivity contribution < 1.29 is 19.1 Å². The van der Waals surface area contributed by atoms with Crippen molar-refractivity contribution in [3.05, 3.63) is 58.6 Å². The molecule has 0 atom stereocenters. The van der Waals surface area contributed by atoms with Crippen LogP contribution in [0.3, 0.4) is 0 Å². The van der Waals surface area contributed by atoms with Gasteiger partial charge in [0.15, 0.2) is 12.4 Å². The van der Waals surface area contributed by atoms with Gasteiger partial charge in [-0.25, -0.2) is 0 Å². The van der Waals surface area contributed by atoms with E-state index in [1.165, 1.54) is 11.8 Å². The molecular formula is C20H19ClN2O4. The smallest absolute Gasteiger partial charge is 0.265 e. The Labute approximate surface area is 162 Å². The Bertz CT molecular complexity index is 880. The van der Waals surface area contributed by atoms with Gasteiger partial charge in [-0.3, -0.25) is 14.4 Å². The number of amides is 2. The summed E-state index contributed by atoms with van der Waals surface area (Å²) in [5, 5.41) is 3.46. The molecule has 1 aliphatic heterocycles. The van der Waals surface area contributed by atoms with Gasteiger partial charge in [0, 0.05) is 30.1 Å². The van der Waals surface area contributed by atoms with Crippen LogP contribution in [-0.4, -0.2) is 30.7 Å². The summed E-state index contributed by atoms with van der Waals surface area (Å²) >= 11 is 5.84. The zero-order chi connectivity index (χ0) is 19.4. The molecule has 0 aliphatic carbocycles. The summed E-state index contributed by atoms with van der Waals surface area (Å²) in [7, 11) is 0. The number of rotatable bonds is 6. The largest absolute Gasteiger partial charge is 0.482 e. The van der Waals surface area contributed by atoms with Crippen LogP contribution in [0.15, 0.2) is 42.5 Å². The molecule has 2 aromatic carbocycles. The van der Waals surface area contributed by atoms with Crippen LogP contribution in [0.2, 0.25) is 5.02 Å². The first-order chi connectivity index (χ1) is 12.9. The van der Waals surface area contributed by atoms with Crippen molar-refractivity contribution in [2.24, 2.45) is 0 Å². The fraction of sp³-hybridized carbons (Fsp3) is 0.250. The monoisotopic (exact) mass is 386 g/mol. The lowest BCUT2D eigenvalue weighted by atomic mass is 10.1. The Morgan fingerprint density at radius 1 is 1.19 bits per heavy atom. The fourth-order valence-electron chi connectivity index (χ4n) is 2.77. The summed E-state index contributed by atoms with van der Waals surface area (Å²) in [5.74, 6) is 0.0138. The van der Waals surface area contributed by atoms with E-state index in [1.807, 2.05) is 12.1 Å². The summed E-state index contributed by atoms with van der Waals surface area (Å²) in [5.41, 5.74) is 1.94. The number of nitrogens with zero attached hydrogens (tertiary/aromatic N) is 1. The molecule has 0 aromatic heterocycles. The second kappa shape index (κ2) is 8.22. The van der Waals surface area contributed by atoms with Crippen LogP contribution in [0.4, 0.5) is 5.69 Å². The van der Waals surface area contributed by atoms with E-state index in [9.17, 15) is 14.4 Å². The highest BCUT2D eigenvalue weighted by molar-refractivity contribution is 6.30. The number of anilines is 1. The molecule has 3 rings (SSSR count). The number of fused-ring (bicyclic) bond motifs is 1. The minimum absolute atomic E-state index is 0.0845. The normalized spacial score (nSPS) is 13.0. The molecule has 2 aromatic rings. The Morgan fingerprint density at radius 2 is 1.93 bits per heavy atom. The van der Waals surface area contributed by atoms with Crippen LogP contribution >= 0.6 is 11.6 Å². The number of Topliss-reactive ketones (excluding diaryl/α,β-unsaturated/α-hetero) is 1. The van der Waals surface area contributed by atoms with Crippen molar-refractivity contribution in [3.8, 4) is 5.75 Å². The third kappa shape index (κ3) is 4.65. The molecule has 0 spiro atoms. The van der Waals surface area contributed by atoms with Gasteiger partial charge >= 0.3 is 0 Å². The molecule has 0 unspecified atom stereocenters. The molecule has 0 saturated carbocycles. The van der Waals surface area contributed by atoms with Crippen molar-refractivity contribution in [2.75, 3.05) is 18.1 Å². The molecule has 1 aliphatic rings. The maximum Gasteiger partial charge on any atom is 0.265 e. The van der Waals surface area contributed by atoms with Crippen molar-refractivity contribution in [2.45, 2.75) is 19.9 Å². The number of hydrogen-bond donors (Lipinski definition) is 1. The highest BCUT2D eigenvalue weighted by Gasteiger charge is 2.26. The fourth-order valence-corrected chi connectivity index (χ4v) is 2.90.